The lowest BCUT2D eigenvalue weighted by molar-refractivity contribution is 0.0601. The fraction of sp³-hybridized carbons (Fsp3) is 0.261. The zero-order valence-electron chi connectivity index (χ0n) is 16.6. The van der Waals surface area contributed by atoms with Gasteiger partial charge in [0.2, 0.25) is 0 Å². The molecule has 4 aromatic rings. The van der Waals surface area contributed by atoms with E-state index in [0.717, 1.165) is 57.9 Å². The molecule has 2 aromatic heterocycles. The largest absolute Gasteiger partial charge is 0.465 e. The number of hydrogen-bond donors (Lipinski definition) is 0. The lowest BCUT2D eigenvalue weighted by atomic mass is 10.2. The Labute approximate surface area is 174 Å². The molecule has 2 aromatic carbocycles. The maximum absolute atomic E-state index is 11.9. The quantitative estimate of drug-likeness (QED) is 0.302. The number of nitrogens with zero attached hydrogens (tertiary/aromatic N) is 3. The molecule has 0 spiro atoms. The van der Waals surface area contributed by atoms with E-state index in [0.29, 0.717) is 5.56 Å². The summed E-state index contributed by atoms with van der Waals surface area (Å²) in [5, 5.41) is 2.09. The molecule has 0 N–H and O–H groups in total. The maximum atomic E-state index is 11.9. The fourth-order valence-corrected chi connectivity index (χ4v) is 4.26. The van der Waals surface area contributed by atoms with Crippen molar-refractivity contribution >= 4 is 39.7 Å². The lowest BCUT2D eigenvalue weighted by Crippen LogP contribution is -2.03. The normalized spacial score (nSPS) is 11.2. The molecule has 148 valence electrons. The summed E-state index contributed by atoms with van der Waals surface area (Å²) in [6.07, 6.45) is 2.14. The van der Waals surface area contributed by atoms with E-state index in [4.69, 9.17) is 14.7 Å². The van der Waals surface area contributed by atoms with Crippen LogP contribution in [0.3, 0.4) is 0 Å². The second kappa shape index (κ2) is 8.66. The minimum absolute atomic E-state index is 0.329. The number of carbonyl (C=O) groups is 1. The van der Waals surface area contributed by atoms with Crippen LogP contribution in [0.25, 0.3) is 21.9 Å². The SMILES string of the molecule is CCCCn1c(SCc2ccc3ccccc3n2)nc2ccc(C(=O)OC)cc21. The van der Waals surface area contributed by atoms with Gasteiger partial charge in [-0.2, -0.15) is 0 Å². The Morgan fingerprint density at radius 1 is 1.07 bits per heavy atom. The van der Waals surface area contributed by atoms with E-state index in [1.54, 1.807) is 17.8 Å². The Balaban J connectivity index is 1.64. The Bertz CT molecular complexity index is 1170. The number of aromatic nitrogens is 3. The molecular formula is C23H23N3O2S. The molecule has 0 atom stereocenters. The number of thioether (sulfide) groups is 1. The molecule has 0 aliphatic carbocycles. The summed E-state index contributed by atoms with van der Waals surface area (Å²) in [6.45, 7) is 3.04. The molecular weight excluding hydrogens is 382 g/mol. The van der Waals surface area contributed by atoms with Gasteiger partial charge in [0.1, 0.15) is 0 Å². The molecule has 0 fully saturated rings. The summed E-state index contributed by atoms with van der Waals surface area (Å²) in [5.74, 6) is 0.411. The van der Waals surface area contributed by atoms with Crippen molar-refractivity contribution in [3.8, 4) is 0 Å². The third kappa shape index (κ3) is 4.12. The van der Waals surface area contributed by atoms with Crippen LogP contribution < -0.4 is 0 Å². The molecule has 0 radical (unpaired) electrons. The van der Waals surface area contributed by atoms with Crippen molar-refractivity contribution in [2.24, 2.45) is 0 Å². The molecule has 29 heavy (non-hydrogen) atoms. The van der Waals surface area contributed by atoms with Crippen LogP contribution in [0.5, 0.6) is 0 Å². The van der Waals surface area contributed by atoms with Crippen LogP contribution in [0.15, 0.2) is 59.8 Å². The van der Waals surface area contributed by atoms with Gasteiger partial charge >= 0.3 is 5.97 Å². The third-order valence-corrected chi connectivity index (χ3v) is 5.88. The van der Waals surface area contributed by atoms with Gasteiger partial charge in [-0.1, -0.05) is 49.4 Å². The van der Waals surface area contributed by atoms with Gasteiger partial charge in [-0.05, 0) is 36.8 Å². The Morgan fingerprint density at radius 3 is 2.76 bits per heavy atom. The molecule has 0 bridgehead atoms. The van der Waals surface area contributed by atoms with Gasteiger partial charge in [0.05, 0.1) is 34.9 Å². The van der Waals surface area contributed by atoms with E-state index in [2.05, 4.69) is 29.7 Å². The molecule has 5 nitrogen and oxygen atoms in total. The Hall–Kier alpha value is -2.86. The van der Waals surface area contributed by atoms with Crippen molar-refractivity contribution in [2.45, 2.75) is 37.2 Å². The summed E-state index contributed by atoms with van der Waals surface area (Å²) in [4.78, 5) is 21.5. The lowest BCUT2D eigenvalue weighted by Gasteiger charge is -2.09. The monoisotopic (exact) mass is 405 g/mol. The van der Waals surface area contributed by atoms with Crippen LogP contribution in [0.4, 0.5) is 0 Å². The first-order valence-electron chi connectivity index (χ1n) is 9.75. The van der Waals surface area contributed by atoms with Gasteiger partial charge in [-0.15, -0.1) is 0 Å². The Morgan fingerprint density at radius 2 is 1.93 bits per heavy atom. The number of aryl methyl sites for hydroxylation is 1. The zero-order chi connectivity index (χ0) is 20.2. The van der Waals surface area contributed by atoms with E-state index in [1.807, 2.05) is 30.3 Å². The van der Waals surface area contributed by atoms with Gasteiger partial charge in [0, 0.05) is 17.7 Å². The number of ether oxygens (including phenoxy) is 1. The average molecular weight is 406 g/mol. The predicted molar refractivity (Wildman–Crippen MR) is 117 cm³/mol. The van der Waals surface area contributed by atoms with Crippen molar-refractivity contribution < 1.29 is 9.53 Å². The number of fused-ring (bicyclic) bond motifs is 2. The van der Waals surface area contributed by atoms with Crippen LogP contribution in [0.1, 0.15) is 35.8 Å². The van der Waals surface area contributed by atoms with Crippen LogP contribution in [0, 0.1) is 0 Å². The van der Waals surface area contributed by atoms with Gasteiger partial charge in [-0.25, -0.2) is 9.78 Å². The van der Waals surface area contributed by atoms with Crippen molar-refractivity contribution in [3.05, 3.63) is 65.9 Å². The number of carbonyl (C=O) groups excluding carboxylic acids is 1. The van der Waals surface area contributed by atoms with Gasteiger partial charge in [0.15, 0.2) is 5.16 Å². The van der Waals surface area contributed by atoms with E-state index in [9.17, 15) is 4.79 Å². The van der Waals surface area contributed by atoms with Crippen LogP contribution in [-0.4, -0.2) is 27.6 Å². The highest BCUT2D eigenvalue weighted by Crippen LogP contribution is 2.28. The second-order valence-corrected chi connectivity index (χ2v) is 7.82. The van der Waals surface area contributed by atoms with Gasteiger partial charge in [0.25, 0.3) is 0 Å². The molecule has 0 saturated heterocycles. The molecule has 0 unspecified atom stereocenters. The summed E-state index contributed by atoms with van der Waals surface area (Å²) < 4.78 is 7.08. The molecule has 0 aliphatic heterocycles. The molecule has 2 heterocycles. The second-order valence-electron chi connectivity index (χ2n) is 6.88. The average Bonchev–Trinajstić information content (AvgIpc) is 3.12. The molecule has 6 heteroatoms. The molecule has 4 rings (SSSR count). The van der Waals surface area contributed by atoms with E-state index in [1.165, 1.54) is 7.11 Å². The molecule has 0 amide bonds. The number of unbranched alkanes of at least 4 members (excludes halogenated alkanes) is 1. The molecule has 0 aliphatic rings. The number of esters is 1. The van der Waals surface area contributed by atoms with Crippen molar-refractivity contribution in [1.29, 1.82) is 0 Å². The van der Waals surface area contributed by atoms with Crippen LogP contribution in [0.2, 0.25) is 0 Å². The predicted octanol–water partition coefficient (Wildman–Crippen LogP) is 5.46. The standard InChI is InChI=1S/C23H23N3O2S/c1-3-4-13-26-21-14-17(22(27)28-2)10-12-20(21)25-23(26)29-15-18-11-9-16-7-5-6-8-19(16)24-18/h5-12,14H,3-4,13,15H2,1-2H3. The number of methoxy groups -OCH3 is 1. The Kier molecular flexibility index (Phi) is 5.81. The van der Waals surface area contributed by atoms with Crippen molar-refractivity contribution in [2.75, 3.05) is 7.11 Å². The number of hydrogen-bond acceptors (Lipinski definition) is 5. The number of pyridine rings is 1. The highest BCUT2D eigenvalue weighted by atomic mass is 32.2. The maximum Gasteiger partial charge on any atom is 0.337 e. The number of para-hydroxylation sites is 1. The fourth-order valence-electron chi connectivity index (χ4n) is 3.32. The third-order valence-electron chi connectivity index (χ3n) is 4.87. The zero-order valence-corrected chi connectivity index (χ0v) is 17.4. The summed E-state index contributed by atoms with van der Waals surface area (Å²) in [6, 6.07) is 17.9. The van der Waals surface area contributed by atoms with Crippen LogP contribution >= 0.6 is 11.8 Å². The summed E-state index contributed by atoms with van der Waals surface area (Å²) in [7, 11) is 1.40. The summed E-state index contributed by atoms with van der Waals surface area (Å²) >= 11 is 1.68. The van der Waals surface area contributed by atoms with Gasteiger partial charge in [-0.3, -0.25) is 4.98 Å². The first kappa shape index (κ1) is 19.5. The van der Waals surface area contributed by atoms with E-state index < -0.39 is 0 Å². The van der Waals surface area contributed by atoms with Crippen LogP contribution in [-0.2, 0) is 17.0 Å². The summed E-state index contributed by atoms with van der Waals surface area (Å²) in [5.41, 5.74) is 4.44. The smallest absolute Gasteiger partial charge is 0.337 e. The van der Waals surface area contributed by atoms with Gasteiger partial charge < -0.3 is 9.30 Å². The highest BCUT2D eigenvalue weighted by Gasteiger charge is 2.15. The van der Waals surface area contributed by atoms with E-state index in [-0.39, 0.29) is 5.97 Å². The first-order chi connectivity index (χ1) is 14.2. The topological polar surface area (TPSA) is 57.0 Å². The molecule has 0 saturated carbocycles. The minimum atomic E-state index is -0.329. The number of benzene rings is 2. The van der Waals surface area contributed by atoms with E-state index >= 15 is 0 Å². The first-order valence-corrected chi connectivity index (χ1v) is 10.7. The highest BCUT2D eigenvalue weighted by molar-refractivity contribution is 7.98. The van der Waals surface area contributed by atoms with Crippen molar-refractivity contribution in [1.82, 2.24) is 14.5 Å². The number of rotatable bonds is 7. The minimum Gasteiger partial charge on any atom is -0.465 e. The number of imidazole rings is 1. The van der Waals surface area contributed by atoms with Crippen molar-refractivity contribution in [3.63, 3.8) is 0 Å².